The van der Waals surface area contributed by atoms with Gasteiger partial charge >= 0.3 is 0 Å². The van der Waals surface area contributed by atoms with Crippen molar-refractivity contribution in [3.8, 4) is 12.1 Å². The second-order valence-electron chi connectivity index (χ2n) is 7.02. The van der Waals surface area contributed by atoms with Crippen LogP contribution in [-0.2, 0) is 0 Å². The zero-order chi connectivity index (χ0) is 15.6. The quantitative estimate of drug-likeness (QED) is 0.677. The van der Waals surface area contributed by atoms with Gasteiger partial charge in [-0.3, -0.25) is 0 Å². The van der Waals surface area contributed by atoms with Crippen LogP contribution in [0.5, 0.6) is 0 Å². The maximum Gasteiger partial charge on any atom is 0.0998 e. The van der Waals surface area contributed by atoms with Crippen LogP contribution >= 0.6 is 0 Å². The predicted octanol–water partition coefficient (Wildman–Crippen LogP) is 4.93. The van der Waals surface area contributed by atoms with Gasteiger partial charge in [-0.1, -0.05) is 59.7 Å². The standard InChI is InChI=1S/C18H22N2/c1-17(2,3)16(18(4,5)6)15(12-20)14-10-8-7-9-13(14)11-19/h7-10H,1-6H3. The van der Waals surface area contributed by atoms with Crippen molar-refractivity contribution in [2.24, 2.45) is 10.8 Å². The molecular weight excluding hydrogens is 244 g/mol. The molecule has 0 saturated heterocycles. The summed E-state index contributed by atoms with van der Waals surface area (Å²) >= 11 is 0. The van der Waals surface area contributed by atoms with Crippen molar-refractivity contribution >= 4 is 5.57 Å². The lowest BCUT2D eigenvalue weighted by Crippen LogP contribution is -2.24. The third kappa shape index (κ3) is 3.28. The Hall–Kier alpha value is -2.06. The summed E-state index contributed by atoms with van der Waals surface area (Å²) in [6, 6.07) is 11.8. The molecule has 0 radical (unpaired) electrons. The van der Waals surface area contributed by atoms with Crippen LogP contribution in [0.2, 0.25) is 0 Å². The van der Waals surface area contributed by atoms with Crippen molar-refractivity contribution in [1.82, 2.24) is 0 Å². The van der Waals surface area contributed by atoms with E-state index in [1.54, 1.807) is 6.07 Å². The monoisotopic (exact) mass is 266 g/mol. The summed E-state index contributed by atoms with van der Waals surface area (Å²) in [5.74, 6) is 0. The van der Waals surface area contributed by atoms with E-state index in [4.69, 9.17) is 0 Å². The first-order chi connectivity index (χ1) is 9.12. The first kappa shape index (κ1) is 16.0. The van der Waals surface area contributed by atoms with Crippen molar-refractivity contribution < 1.29 is 0 Å². The maximum atomic E-state index is 9.68. The number of hydrogen-bond acceptors (Lipinski definition) is 2. The molecule has 20 heavy (non-hydrogen) atoms. The molecule has 0 saturated carbocycles. The van der Waals surface area contributed by atoms with E-state index in [-0.39, 0.29) is 10.8 Å². The number of hydrogen-bond donors (Lipinski definition) is 0. The van der Waals surface area contributed by atoms with E-state index >= 15 is 0 Å². The summed E-state index contributed by atoms with van der Waals surface area (Å²) in [5, 5.41) is 18.9. The van der Waals surface area contributed by atoms with Crippen LogP contribution in [0.15, 0.2) is 29.8 Å². The molecule has 0 aliphatic rings. The Balaban J connectivity index is 3.78. The fourth-order valence-electron chi connectivity index (χ4n) is 2.92. The van der Waals surface area contributed by atoms with Gasteiger partial charge in [-0.05, 0) is 22.5 Å². The molecule has 1 aromatic rings. The molecule has 0 aliphatic carbocycles. The summed E-state index contributed by atoms with van der Waals surface area (Å²) in [4.78, 5) is 0. The zero-order valence-corrected chi connectivity index (χ0v) is 13.2. The van der Waals surface area contributed by atoms with E-state index in [0.717, 1.165) is 11.1 Å². The lowest BCUT2D eigenvalue weighted by molar-refractivity contribution is 0.365. The molecule has 0 heterocycles. The van der Waals surface area contributed by atoms with Crippen LogP contribution in [0.4, 0.5) is 0 Å². The largest absolute Gasteiger partial charge is 0.192 e. The molecule has 0 aliphatic heterocycles. The molecule has 2 nitrogen and oxygen atoms in total. The van der Waals surface area contributed by atoms with Crippen LogP contribution in [0.3, 0.4) is 0 Å². The minimum atomic E-state index is -0.133. The second-order valence-corrected chi connectivity index (χ2v) is 7.02. The van der Waals surface area contributed by atoms with E-state index in [1.165, 1.54) is 0 Å². The van der Waals surface area contributed by atoms with Gasteiger partial charge in [0, 0.05) is 5.56 Å². The fourth-order valence-corrected chi connectivity index (χ4v) is 2.92. The topological polar surface area (TPSA) is 47.6 Å². The minimum absolute atomic E-state index is 0.133. The molecule has 0 fully saturated rings. The molecule has 0 N–H and O–H groups in total. The summed E-state index contributed by atoms with van der Waals surface area (Å²) in [6.07, 6.45) is 0. The molecule has 1 aromatic carbocycles. The average molecular weight is 266 g/mol. The minimum Gasteiger partial charge on any atom is -0.192 e. The smallest absolute Gasteiger partial charge is 0.0998 e. The number of allylic oxidation sites excluding steroid dienone is 2. The first-order valence-electron chi connectivity index (χ1n) is 6.77. The van der Waals surface area contributed by atoms with Gasteiger partial charge in [0.25, 0.3) is 0 Å². The van der Waals surface area contributed by atoms with Crippen molar-refractivity contribution in [3.63, 3.8) is 0 Å². The number of benzene rings is 1. The van der Waals surface area contributed by atoms with E-state index in [2.05, 4.69) is 53.7 Å². The highest BCUT2D eigenvalue weighted by Gasteiger charge is 2.32. The molecule has 0 spiro atoms. The van der Waals surface area contributed by atoms with E-state index in [0.29, 0.717) is 11.1 Å². The normalized spacial score (nSPS) is 11.4. The Labute approximate surface area is 122 Å². The van der Waals surface area contributed by atoms with E-state index < -0.39 is 0 Å². The average Bonchev–Trinajstić information content (AvgIpc) is 2.32. The SMILES string of the molecule is CC(C)(C)C(=C(C#N)c1ccccc1C#N)C(C)(C)C. The highest BCUT2D eigenvalue weighted by atomic mass is 14.4. The van der Waals surface area contributed by atoms with Crippen LogP contribution in [0, 0.1) is 33.5 Å². The second kappa shape index (κ2) is 5.51. The fraction of sp³-hybridized carbons (Fsp3) is 0.444. The summed E-state index contributed by atoms with van der Waals surface area (Å²) in [7, 11) is 0. The van der Waals surface area contributed by atoms with Gasteiger partial charge in [-0.15, -0.1) is 0 Å². The van der Waals surface area contributed by atoms with Gasteiger partial charge in [0.2, 0.25) is 0 Å². The van der Waals surface area contributed by atoms with Crippen LogP contribution in [0.25, 0.3) is 5.57 Å². The van der Waals surface area contributed by atoms with Crippen molar-refractivity contribution in [1.29, 1.82) is 10.5 Å². The number of nitrogens with zero attached hydrogens (tertiary/aromatic N) is 2. The molecule has 0 unspecified atom stereocenters. The third-order valence-electron chi connectivity index (χ3n) is 3.18. The van der Waals surface area contributed by atoms with Gasteiger partial charge < -0.3 is 0 Å². The van der Waals surface area contributed by atoms with Gasteiger partial charge in [0.1, 0.15) is 0 Å². The Kier molecular flexibility index (Phi) is 4.41. The Morgan fingerprint density at radius 1 is 0.900 bits per heavy atom. The van der Waals surface area contributed by atoms with Crippen molar-refractivity contribution in [2.75, 3.05) is 0 Å². The molecule has 1 rings (SSSR count). The zero-order valence-electron chi connectivity index (χ0n) is 13.2. The van der Waals surface area contributed by atoms with Gasteiger partial charge in [0.05, 0.1) is 23.3 Å². The number of rotatable bonds is 1. The molecule has 2 heteroatoms. The molecule has 0 aromatic heterocycles. The van der Waals surface area contributed by atoms with Gasteiger partial charge in [-0.2, -0.15) is 10.5 Å². The van der Waals surface area contributed by atoms with Crippen LogP contribution in [-0.4, -0.2) is 0 Å². The third-order valence-corrected chi connectivity index (χ3v) is 3.18. The van der Waals surface area contributed by atoms with Crippen molar-refractivity contribution in [3.05, 3.63) is 41.0 Å². The molecule has 104 valence electrons. The van der Waals surface area contributed by atoms with E-state index in [9.17, 15) is 10.5 Å². The van der Waals surface area contributed by atoms with E-state index in [1.807, 2.05) is 18.2 Å². The van der Waals surface area contributed by atoms with Crippen LogP contribution in [0.1, 0.15) is 52.7 Å². The highest BCUT2D eigenvalue weighted by Crippen LogP contribution is 2.44. The Morgan fingerprint density at radius 3 is 1.80 bits per heavy atom. The molecular formula is C18H22N2. The Morgan fingerprint density at radius 2 is 1.40 bits per heavy atom. The lowest BCUT2D eigenvalue weighted by atomic mass is 9.68. The summed E-state index contributed by atoms with van der Waals surface area (Å²) in [5.41, 5.74) is 2.72. The van der Waals surface area contributed by atoms with Crippen molar-refractivity contribution in [2.45, 2.75) is 41.5 Å². The summed E-state index contributed by atoms with van der Waals surface area (Å²) in [6.45, 7) is 12.7. The highest BCUT2D eigenvalue weighted by molar-refractivity contribution is 5.83. The number of nitriles is 2. The molecule has 0 amide bonds. The Bertz CT molecular complexity index is 593. The van der Waals surface area contributed by atoms with Gasteiger partial charge in [0.15, 0.2) is 0 Å². The first-order valence-corrected chi connectivity index (χ1v) is 6.77. The van der Waals surface area contributed by atoms with Gasteiger partial charge in [-0.25, -0.2) is 0 Å². The lowest BCUT2D eigenvalue weighted by Gasteiger charge is -2.35. The molecule has 0 atom stereocenters. The maximum absolute atomic E-state index is 9.68. The predicted molar refractivity (Wildman–Crippen MR) is 82.6 cm³/mol. The van der Waals surface area contributed by atoms with Crippen LogP contribution < -0.4 is 0 Å². The molecule has 0 bridgehead atoms. The summed E-state index contributed by atoms with van der Waals surface area (Å²) < 4.78 is 0.